The van der Waals surface area contributed by atoms with Crippen LogP contribution in [-0.4, -0.2) is 25.1 Å². The number of carbonyl (C=O) groups excluding carboxylic acids is 1. The molecule has 3 aromatic rings. The van der Waals surface area contributed by atoms with Crippen LogP contribution in [0.15, 0.2) is 47.4 Å². The molecule has 1 heterocycles. The first-order chi connectivity index (χ1) is 12.3. The Hall–Kier alpha value is -2.23. The summed E-state index contributed by atoms with van der Waals surface area (Å²) in [5.41, 5.74) is 5.59. The van der Waals surface area contributed by atoms with E-state index in [-0.39, 0.29) is 22.9 Å². The number of hydrazine groups is 1. The highest BCUT2D eigenvalue weighted by atomic mass is 35.5. The maximum absolute atomic E-state index is 13.2. The Bertz CT molecular complexity index is 1050. The van der Waals surface area contributed by atoms with Crippen LogP contribution in [0.1, 0.15) is 6.42 Å². The molecule has 6 nitrogen and oxygen atoms in total. The van der Waals surface area contributed by atoms with Crippen LogP contribution in [0.3, 0.4) is 0 Å². The van der Waals surface area contributed by atoms with E-state index in [4.69, 9.17) is 11.6 Å². The molecule has 0 bridgehead atoms. The number of nitrogens with zero attached hydrogens (tertiary/aromatic N) is 1. The highest BCUT2D eigenvalue weighted by molar-refractivity contribution is 7.91. The standard InChI is InChI=1S/C16H13ClFN3O3S2/c17-10-1-4-12(5-2-10)26(23,24)8-7-15(22)20-21-16-19-13-6-3-11(18)9-14(13)25-16/h1-6,9H,7-8H2,(H,19,21)(H,20,22). The van der Waals surface area contributed by atoms with Gasteiger partial charge in [-0.05, 0) is 42.5 Å². The molecule has 0 saturated heterocycles. The maximum atomic E-state index is 13.2. The molecule has 0 atom stereocenters. The summed E-state index contributed by atoms with van der Waals surface area (Å²) in [4.78, 5) is 16.2. The molecule has 0 spiro atoms. The van der Waals surface area contributed by atoms with Crippen LogP contribution < -0.4 is 10.9 Å². The molecule has 0 aliphatic heterocycles. The zero-order chi connectivity index (χ0) is 18.7. The summed E-state index contributed by atoms with van der Waals surface area (Å²) in [6, 6.07) is 9.93. The minimum atomic E-state index is -3.58. The molecule has 1 aromatic heterocycles. The highest BCUT2D eigenvalue weighted by Gasteiger charge is 2.16. The second-order valence-corrected chi connectivity index (χ2v) is 8.90. The second-order valence-electron chi connectivity index (χ2n) is 5.33. The lowest BCUT2D eigenvalue weighted by Crippen LogP contribution is -2.30. The minimum absolute atomic E-state index is 0.107. The van der Waals surface area contributed by atoms with Crippen molar-refractivity contribution >= 4 is 54.0 Å². The Morgan fingerprint density at radius 1 is 1.19 bits per heavy atom. The smallest absolute Gasteiger partial charge is 0.239 e. The molecule has 0 saturated carbocycles. The molecule has 2 N–H and O–H groups in total. The first kappa shape index (κ1) is 18.6. The van der Waals surface area contributed by atoms with Crippen molar-refractivity contribution < 1.29 is 17.6 Å². The van der Waals surface area contributed by atoms with Crippen molar-refractivity contribution in [3.8, 4) is 0 Å². The number of aromatic nitrogens is 1. The van der Waals surface area contributed by atoms with Gasteiger partial charge in [0.25, 0.3) is 0 Å². The van der Waals surface area contributed by atoms with Gasteiger partial charge in [-0.2, -0.15) is 0 Å². The van der Waals surface area contributed by atoms with Gasteiger partial charge in [0, 0.05) is 11.4 Å². The van der Waals surface area contributed by atoms with Crippen LogP contribution in [0.2, 0.25) is 5.02 Å². The van der Waals surface area contributed by atoms with E-state index in [1.54, 1.807) is 0 Å². The van der Waals surface area contributed by atoms with Gasteiger partial charge < -0.3 is 0 Å². The molecule has 0 aliphatic carbocycles. The number of anilines is 1. The summed E-state index contributed by atoms with van der Waals surface area (Å²) in [6.07, 6.45) is -0.225. The van der Waals surface area contributed by atoms with Crippen molar-refractivity contribution in [2.45, 2.75) is 11.3 Å². The number of thiazole rings is 1. The number of fused-ring (bicyclic) bond motifs is 1. The average Bonchev–Trinajstić information content (AvgIpc) is 3.00. The second kappa shape index (κ2) is 7.56. The van der Waals surface area contributed by atoms with Gasteiger partial charge in [-0.15, -0.1) is 0 Å². The fourth-order valence-electron chi connectivity index (χ4n) is 2.12. The normalized spacial score (nSPS) is 11.5. The van der Waals surface area contributed by atoms with Gasteiger partial charge in [-0.1, -0.05) is 22.9 Å². The summed E-state index contributed by atoms with van der Waals surface area (Å²) >= 11 is 6.90. The number of sulfone groups is 1. The number of rotatable bonds is 6. The van der Waals surface area contributed by atoms with E-state index in [9.17, 15) is 17.6 Å². The molecule has 0 aliphatic rings. The van der Waals surface area contributed by atoms with Gasteiger partial charge in [0.15, 0.2) is 9.84 Å². The van der Waals surface area contributed by atoms with Crippen LogP contribution >= 0.6 is 22.9 Å². The third-order valence-corrected chi connectivity index (χ3v) is 6.35. The van der Waals surface area contributed by atoms with E-state index in [0.29, 0.717) is 20.4 Å². The van der Waals surface area contributed by atoms with E-state index in [1.165, 1.54) is 53.8 Å². The molecule has 0 unspecified atom stereocenters. The number of halogens is 2. The van der Waals surface area contributed by atoms with Crippen LogP contribution in [0, 0.1) is 5.82 Å². The summed E-state index contributed by atoms with van der Waals surface area (Å²) in [6.45, 7) is 0. The highest BCUT2D eigenvalue weighted by Crippen LogP contribution is 2.25. The van der Waals surface area contributed by atoms with E-state index in [0.717, 1.165) is 0 Å². The van der Waals surface area contributed by atoms with Crippen LogP contribution in [0.4, 0.5) is 9.52 Å². The van der Waals surface area contributed by atoms with Crippen molar-refractivity contribution in [1.82, 2.24) is 10.4 Å². The fraction of sp³-hybridized carbons (Fsp3) is 0.125. The maximum Gasteiger partial charge on any atom is 0.239 e. The number of hydrogen-bond donors (Lipinski definition) is 2. The molecule has 0 radical (unpaired) electrons. The first-order valence-corrected chi connectivity index (χ1v) is 10.3. The number of nitrogens with one attached hydrogen (secondary N) is 2. The average molecular weight is 414 g/mol. The van der Waals surface area contributed by atoms with Gasteiger partial charge >= 0.3 is 0 Å². The molecule has 0 fully saturated rings. The molecule has 2 aromatic carbocycles. The number of carbonyl (C=O) groups is 1. The number of benzene rings is 2. The minimum Gasteiger partial charge on any atom is -0.273 e. The lowest BCUT2D eigenvalue weighted by Gasteiger charge is -2.06. The van der Waals surface area contributed by atoms with Gasteiger partial charge in [0.1, 0.15) is 5.82 Å². The topological polar surface area (TPSA) is 88.2 Å². The third kappa shape index (κ3) is 4.48. The van der Waals surface area contributed by atoms with Gasteiger partial charge in [-0.3, -0.25) is 15.6 Å². The zero-order valence-corrected chi connectivity index (χ0v) is 15.6. The van der Waals surface area contributed by atoms with E-state index in [1.807, 2.05) is 0 Å². The van der Waals surface area contributed by atoms with Gasteiger partial charge in [0.05, 0.1) is 20.9 Å². The zero-order valence-electron chi connectivity index (χ0n) is 13.2. The Balaban J connectivity index is 1.55. The summed E-state index contributed by atoms with van der Waals surface area (Å²) in [5, 5.41) is 0.807. The summed E-state index contributed by atoms with van der Waals surface area (Å²) in [5.74, 6) is -1.22. The molecular weight excluding hydrogens is 401 g/mol. The van der Waals surface area contributed by atoms with Crippen LogP contribution in [0.25, 0.3) is 10.2 Å². The van der Waals surface area contributed by atoms with E-state index < -0.39 is 15.7 Å². The molecular formula is C16H13ClFN3O3S2. The Labute approximate surface area is 157 Å². The van der Waals surface area contributed by atoms with Crippen LogP contribution in [-0.2, 0) is 14.6 Å². The van der Waals surface area contributed by atoms with Gasteiger partial charge in [-0.25, -0.2) is 17.8 Å². The molecule has 10 heteroatoms. The number of hydrogen-bond acceptors (Lipinski definition) is 6. The molecule has 1 amide bonds. The summed E-state index contributed by atoms with van der Waals surface area (Å²) in [7, 11) is -3.58. The van der Waals surface area contributed by atoms with Crippen molar-refractivity contribution in [1.29, 1.82) is 0 Å². The quantitative estimate of drug-likeness (QED) is 0.605. The van der Waals surface area contributed by atoms with Crippen LogP contribution in [0.5, 0.6) is 0 Å². The lowest BCUT2D eigenvalue weighted by atomic mass is 10.3. The van der Waals surface area contributed by atoms with E-state index in [2.05, 4.69) is 15.8 Å². The van der Waals surface area contributed by atoms with E-state index >= 15 is 0 Å². The van der Waals surface area contributed by atoms with Crippen molar-refractivity contribution in [2.75, 3.05) is 11.2 Å². The Morgan fingerprint density at radius 2 is 1.92 bits per heavy atom. The monoisotopic (exact) mass is 413 g/mol. The lowest BCUT2D eigenvalue weighted by molar-refractivity contribution is -0.120. The third-order valence-electron chi connectivity index (χ3n) is 3.43. The Kier molecular flexibility index (Phi) is 5.40. The predicted octanol–water partition coefficient (Wildman–Crippen LogP) is 3.40. The molecule has 26 heavy (non-hydrogen) atoms. The number of amides is 1. The SMILES string of the molecule is O=C(CCS(=O)(=O)c1ccc(Cl)cc1)NNc1nc2ccc(F)cc2s1. The Morgan fingerprint density at radius 3 is 2.65 bits per heavy atom. The van der Waals surface area contributed by atoms with Crippen molar-refractivity contribution in [2.24, 2.45) is 0 Å². The molecule has 3 rings (SSSR count). The predicted molar refractivity (Wildman–Crippen MR) is 99.5 cm³/mol. The van der Waals surface area contributed by atoms with Crippen molar-refractivity contribution in [3.05, 3.63) is 53.3 Å². The van der Waals surface area contributed by atoms with Gasteiger partial charge in [0.2, 0.25) is 11.0 Å². The summed E-state index contributed by atoms with van der Waals surface area (Å²) < 4.78 is 38.2. The van der Waals surface area contributed by atoms with Crippen molar-refractivity contribution in [3.63, 3.8) is 0 Å². The largest absolute Gasteiger partial charge is 0.273 e. The first-order valence-electron chi connectivity index (χ1n) is 7.43. The molecule has 136 valence electrons. The fourth-order valence-corrected chi connectivity index (χ4v) is 4.34.